The first-order chi connectivity index (χ1) is 21.3. The molecule has 0 saturated heterocycles. The summed E-state index contributed by atoms with van der Waals surface area (Å²) in [4.78, 5) is 14.1. The van der Waals surface area contributed by atoms with Crippen LogP contribution in [0.3, 0.4) is 0 Å². The van der Waals surface area contributed by atoms with Crippen LogP contribution in [0.2, 0.25) is 0 Å². The highest BCUT2D eigenvalue weighted by molar-refractivity contribution is 7.27. The zero-order valence-corrected chi connectivity index (χ0v) is 24.3. The van der Waals surface area contributed by atoms with Crippen LogP contribution in [0.15, 0.2) is 133 Å². The zero-order valence-electron chi connectivity index (χ0n) is 23.5. The van der Waals surface area contributed by atoms with E-state index in [1.165, 1.54) is 47.2 Å². The number of hydrogen-bond acceptors (Lipinski definition) is 4. The van der Waals surface area contributed by atoms with Crippen LogP contribution in [-0.2, 0) is 0 Å². The second-order valence-corrected chi connectivity index (χ2v) is 11.5. The van der Waals surface area contributed by atoms with Gasteiger partial charge in [-0.15, -0.1) is 11.3 Å². The first-order valence-electron chi connectivity index (χ1n) is 14.3. The van der Waals surface area contributed by atoms with Crippen molar-refractivity contribution in [3.63, 3.8) is 0 Å². The number of rotatable bonds is 5. The summed E-state index contributed by atoms with van der Waals surface area (Å²) in [5.41, 5.74) is 6.37. The molecule has 0 atom stereocenters. The summed E-state index contributed by atoms with van der Waals surface area (Å²) in [7, 11) is 0. The second-order valence-electron chi connectivity index (χ2n) is 10.5. The van der Waals surface area contributed by atoms with Gasteiger partial charge in [-0.25, -0.2) is 4.98 Å². The van der Waals surface area contributed by atoms with E-state index in [4.69, 9.17) is 4.98 Å². The van der Waals surface area contributed by atoms with Crippen molar-refractivity contribution in [2.75, 3.05) is 0 Å². The van der Waals surface area contributed by atoms with Gasteiger partial charge in [0, 0.05) is 32.4 Å². The molecule has 0 aliphatic rings. The number of aliphatic imine (C=N–C) groups is 1. The van der Waals surface area contributed by atoms with Crippen LogP contribution < -0.4 is 0 Å². The van der Waals surface area contributed by atoms with Crippen LogP contribution in [0.25, 0.3) is 75.5 Å². The lowest BCUT2D eigenvalue weighted by molar-refractivity contribution is 1.14. The van der Waals surface area contributed by atoms with Crippen LogP contribution in [0.1, 0.15) is 12.6 Å². The average molecular weight is 571 g/mol. The Hall–Kier alpha value is -5.39. The number of nitrogens with zero attached hydrogens (tertiary/aromatic N) is 4. The molecule has 4 aromatic carbocycles. The number of para-hydroxylation sites is 1. The summed E-state index contributed by atoms with van der Waals surface area (Å²) in [6.45, 7) is 5.86. The molecule has 0 amide bonds. The van der Waals surface area contributed by atoms with Gasteiger partial charge in [-0.1, -0.05) is 78.9 Å². The largest absolute Gasteiger partial charge is 0.308 e. The highest BCUT2D eigenvalue weighted by Gasteiger charge is 2.22. The number of benzene rings is 4. The summed E-state index contributed by atoms with van der Waals surface area (Å²) in [6.07, 6.45) is 7.70. The Bertz CT molecular complexity index is 2430. The van der Waals surface area contributed by atoms with E-state index in [-0.39, 0.29) is 0 Å². The molecule has 0 radical (unpaired) electrons. The van der Waals surface area contributed by atoms with Crippen molar-refractivity contribution < 1.29 is 0 Å². The molecular weight excluding hydrogens is 545 g/mol. The molecular formula is C38H26N4S. The number of pyridine rings is 2. The third-order valence-electron chi connectivity index (χ3n) is 8.03. The quantitative estimate of drug-likeness (QED) is 0.153. The van der Waals surface area contributed by atoms with Crippen molar-refractivity contribution in [1.82, 2.24) is 14.5 Å². The summed E-state index contributed by atoms with van der Waals surface area (Å²) >= 11 is 1.86. The lowest BCUT2D eigenvalue weighted by atomic mass is 9.99. The van der Waals surface area contributed by atoms with Crippen molar-refractivity contribution in [2.24, 2.45) is 4.99 Å². The molecule has 0 aliphatic carbocycles. The van der Waals surface area contributed by atoms with Crippen molar-refractivity contribution in [2.45, 2.75) is 6.92 Å². The Morgan fingerprint density at radius 1 is 0.791 bits per heavy atom. The van der Waals surface area contributed by atoms with Crippen LogP contribution in [0, 0.1) is 0 Å². The molecule has 4 aromatic heterocycles. The molecule has 8 rings (SSSR count). The topological polar surface area (TPSA) is 43.1 Å². The van der Waals surface area contributed by atoms with Gasteiger partial charge in [0.2, 0.25) is 0 Å². The normalized spacial score (nSPS) is 12.4. The van der Waals surface area contributed by atoms with Gasteiger partial charge in [-0.3, -0.25) is 9.98 Å². The molecule has 43 heavy (non-hydrogen) atoms. The molecule has 0 unspecified atom stereocenters. The van der Waals surface area contributed by atoms with Crippen LogP contribution in [-0.4, -0.2) is 21.3 Å². The molecule has 204 valence electrons. The lowest BCUT2D eigenvalue weighted by Gasteiger charge is -2.13. The third-order valence-corrected chi connectivity index (χ3v) is 9.20. The van der Waals surface area contributed by atoms with E-state index in [1.807, 2.05) is 54.7 Å². The molecule has 4 nitrogen and oxygen atoms in total. The number of allylic oxidation sites excluding steroid dienone is 3. The van der Waals surface area contributed by atoms with Crippen molar-refractivity contribution in [3.05, 3.63) is 133 Å². The maximum absolute atomic E-state index is 5.04. The standard InChI is InChI=1S/C38H26N4S/c1-3-4-17-29(39-2)31-22-24(23-32(41-31)30-18-11-12-21-40-30)42-33-19-9-7-15-27(33)35-25-13-5-6-14-26(25)36-28-16-8-10-20-34(28)43-38(36)37(35)42/h3-23H,2H2,1H3/b4-3-,29-17-. The molecule has 0 spiro atoms. The highest BCUT2D eigenvalue weighted by atomic mass is 32.1. The zero-order chi connectivity index (χ0) is 28.9. The molecule has 0 saturated carbocycles. The lowest BCUT2D eigenvalue weighted by Crippen LogP contribution is -2.00. The van der Waals surface area contributed by atoms with E-state index in [0.29, 0.717) is 5.70 Å². The second kappa shape index (κ2) is 10.2. The van der Waals surface area contributed by atoms with Gasteiger partial charge in [0.05, 0.1) is 44.2 Å². The molecule has 0 aliphatic heterocycles. The number of hydrogen-bond donors (Lipinski definition) is 0. The van der Waals surface area contributed by atoms with Crippen molar-refractivity contribution >= 4 is 76.5 Å². The van der Waals surface area contributed by atoms with Gasteiger partial charge < -0.3 is 4.57 Å². The first-order valence-corrected chi connectivity index (χ1v) is 15.1. The molecule has 0 N–H and O–H groups in total. The number of thiophene rings is 1. The smallest absolute Gasteiger partial charge is 0.0915 e. The van der Waals surface area contributed by atoms with Gasteiger partial charge in [-0.05, 0) is 66.9 Å². The maximum Gasteiger partial charge on any atom is 0.0915 e. The summed E-state index contributed by atoms with van der Waals surface area (Å²) < 4.78 is 4.96. The van der Waals surface area contributed by atoms with Gasteiger partial charge in [0.1, 0.15) is 0 Å². The number of fused-ring (bicyclic) bond motifs is 10. The Morgan fingerprint density at radius 3 is 2.28 bits per heavy atom. The summed E-state index contributed by atoms with van der Waals surface area (Å²) in [5, 5.41) is 7.60. The minimum Gasteiger partial charge on any atom is -0.308 e. The molecule has 0 fully saturated rings. The van der Waals surface area contributed by atoms with Crippen LogP contribution in [0.4, 0.5) is 0 Å². The van der Waals surface area contributed by atoms with E-state index >= 15 is 0 Å². The van der Waals surface area contributed by atoms with E-state index in [9.17, 15) is 0 Å². The summed E-state index contributed by atoms with van der Waals surface area (Å²) in [5.74, 6) is 0. The van der Waals surface area contributed by atoms with E-state index in [0.717, 1.165) is 28.3 Å². The Kier molecular flexibility index (Phi) is 5.98. The van der Waals surface area contributed by atoms with Crippen LogP contribution in [0.5, 0.6) is 0 Å². The third kappa shape index (κ3) is 3.93. The molecule has 4 heterocycles. The Morgan fingerprint density at radius 2 is 1.51 bits per heavy atom. The van der Waals surface area contributed by atoms with Gasteiger partial charge in [0.25, 0.3) is 0 Å². The number of aromatic nitrogens is 3. The highest BCUT2D eigenvalue weighted by Crippen LogP contribution is 2.47. The van der Waals surface area contributed by atoms with Crippen molar-refractivity contribution in [1.29, 1.82) is 0 Å². The van der Waals surface area contributed by atoms with E-state index in [1.54, 1.807) is 6.20 Å². The van der Waals surface area contributed by atoms with E-state index in [2.05, 4.69) is 106 Å². The summed E-state index contributed by atoms with van der Waals surface area (Å²) in [6, 6.07) is 36.4. The Balaban J connectivity index is 1.59. The van der Waals surface area contributed by atoms with Crippen molar-refractivity contribution in [3.8, 4) is 17.1 Å². The predicted molar refractivity (Wildman–Crippen MR) is 185 cm³/mol. The van der Waals surface area contributed by atoms with Gasteiger partial charge in [-0.2, -0.15) is 0 Å². The minimum atomic E-state index is 0.704. The average Bonchev–Trinajstić information content (AvgIpc) is 3.62. The SMILES string of the molecule is C=N/C(=C\C=C/C)c1cc(-n2c3ccccc3c3c4ccccc4c4c5ccccc5sc4c32)cc(-c2ccccn2)n1. The Labute approximate surface area is 252 Å². The fourth-order valence-electron chi connectivity index (χ4n) is 6.22. The fraction of sp³-hybridized carbons (Fsp3) is 0.0263. The van der Waals surface area contributed by atoms with Gasteiger partial charge >= 0.3 is 0 Å². The fourth-order valence-corrected chi connectivity index (χ4v) is 7.48. The maximum atomic E-state index is 5.04. The van der Waals surface area contributed by atoms with Crippen LogP contribution >= 0.6 is 11.3 Å². The minimum absolute atomic E-state index is 0.704. The van der Waals surface area contributed by atoms with Gasteiger partial charge in [0.15, 0.2) is 0 Å². The molecule has 8 aromatic rings. The molecule has 5 heteroatoms. The predicted octanol–water partition coefficient (Wildman–Crippen LogP) is 10.4. The molecule has 0 bridgehead atoms. The first kappa shape index (κ1) is 25.3. The van der Waals surface area contributed by atoms with E-state index < -0.39 is 0 Å². The monoisotopic (exact) mass is 570 g/mol.